The molecule has 2 aromatic carbocycles. The van der Waals surface area contributed by atoms with Gasteiger partial charge in [0.2, 0.25) is 5.91 Å². The van der Waals surface area contributed by atoms with Gasteiger partial charge in [-0.05, 0) is 43.3 Å². The van der Waals surface area contributed by atoms with Crippen LogP contribution in [0.1, 0.15) is 17.3 Å². The minimum Gasteiger partial charge on any atom is -0.447 e. The predicted molar refractivity (Wildman–Crippen MR) is 136 cm³/mol. The SMILES string of the molecule is CC1CN(C(=O)c2ccc(S(=O)CC(=O)N3CC4(COC(=O)N4)C3)c(Cl)c2)CCN1c1cccc(F)c1. The van der Waals surface area contributed by atoms with Crippen LogP contribution in [0.25, 0.3) is 0 Å². The lowest BCUT2D eigenvalue weighted by Gasteiger charge is -2.45. The van der Waals surface area contributed by atoms with Crippen LogP contribution in [-0.2, 0) is 20.3 Å². The van der Waals surface area contributed by atoms with Crippen LogP contribution in [0.5, 0.6) is 0 Å². The summed E-state index contributed by atoms with van der Waals surface area (Å²) in [6.45, 7) is 4.27. The first kappa shape index (κ1) is 25.5. The molecule has 0 aromatic heterocycles. The zero-order chi connectivity index (χ0) is 26.3. The monoisotopic (exact) mass is 548 g/mol. The second-order valence-corrected chi connectivity index (χ2v) is 11.5. The number of cyclic esters (lactones) is 1. The van der Waals surface area contributed by atoms with Crippen LogP contribution >= 0.6 is 11.6 Å². The molecule has 1 N–H and O–H groups in total. The summed E-state index contributed by atoms with van der Waals surface area (Å²) in [6.07, 6.45) is -0.500. The summed E-state index contributed by atoms with van der Waals surface area (Å²) in [5.74, 6) is -1.07. The highest BCUT2D eigenvalue weighted by Crippen LogP contribution is 2.28. The third kappa shape index (κ3) is 5.15. The fraction of sp³-hybridized carbons (Fsp3) is 0.400. The Morgan fingerprint density at radius 2 is 1.97 bits per heavy atom. The molecule has 37 heavy (non-hydrogen) atoms. The maximum absolute atomic E-state index is 13.6. The second-order valence-electron chi connectivity index (χ2n) is 9.64. The van der Waals surface area contributed by atoms with Crippen molar-refractivity contribution in [3.8, 4) is 0 Å². The number of anilines is 1. The number of hydrogen-bond donors (Lipinski definition) is 1. The van der Waals surface area contributed by atoms with Crippen LogP contribution in [0, 0.1) is 5.82 Å². The van der Waals surface area contributed by atoms with Gasteiger partial charge in [0.15, 0.2) is 0 Å². The minimum absolute atomic E-state index is 0.0162. The van der Waals surface area contributed by atoms with Crippen molar-refractivity contribution in [3.63, 3.8) is 0 Å². The first-order valence-electron chi connectivity index (χ1n) is 11.9. The molecule has 3 saturated heterocycles. The van der Waals surface area contributed by atoms with E-state index in [1.165, 1.54) is 29.2 Å². The fourth-order valence-electron chi connectivity index (χ4n) is 4.99. The lowest BCUT2D eigenvalue weighted by Crippen LogP contribution is -2.70. The van der Waals surface area contributed by atoms with Crippen molar-refractivity contribution < 1.29 is 27.7 Å². The van der Waals surface area contributed by atoms with E-state index in [1.54, 1.807) is 17.0 Å². The number of ether oxygens (including phenoxy) is 1. The molecule has 2 aromatic rings. The van der Waals surface area contributed by atoms with Gasteiger partial charge in [-0.25, -0.2) is 9.18 Å². The number of benzene rings is 2. The molecule has 3 amide bonds. The Kier molecular flexibility index (Phi) is 6.84. The van der Waals surface area contributed by atoms with Gasteiger partial charge in [0.25, 0.3) is 5.91 Å². The third-order valence-electron chi connectivity index (χ3n) is 6.92. The number of carbonyl (C=O) groups is 3. The largest absolute Gasteiger partial charge is 0.447 e. The molecule has 0 radical (unpaired) electrons. The Bertz CT molecular complexity index is 1290. The number of alkyl carbamates (subject to hydrolysis) is 1. The van der Waals surface area contributed by atoms with E-state index in [0.29, 0.717) is 38.3 Å². The maximum atomic E-state index is 13.6. The Morgan fingerprint density at radius 3 is 2.62 bits per heavy atom. The number of amides is 3. The first-order valence-corrected chi connectivity index (χ1v) is 13.6. The van der Waals surface area contributed by atoms with Crippen LogP contribution in [0.3, 0.4) is 0 Å². The van der Waals surface area contributed by atoms with E-state index in [0.717, 1.165) is 5.69 Å². The molecule has 3 fully saturated rings. The molecule has 196 valence electrons. The number of halogens is 2. The van der Waals surface area contributed by atoms with E-state index in [4.69, 9.17) is 16.3 Å². The molecule has 3 aliphatic rings. The van der Waals surface area contributed by atoms with Gasteiger partial charge in [-0.2, -0.15) is 0 Å². The summed E-state index contributed by atoms with van der Waals surface area (Å²) in [4.78, 5) is 42.5. The van der Waals surface area contributed by atoms with E-state index in [1.807, 2.05) is 13.0 Å². The summed E-state index contributed by atoms with van der Waals surface area (Å²) >= 11 is 6.38. The average Bonchev–Trinajstić information content (AvgIpc) is 3.24. The molecule has 0 bridgehead atoms. The van der Waals surface area contributed by atoms with Crippen LogP contribution < -0.4 is 10.2 Å². The van der Waals surface area contributed by atoms with Gasteiger partial charge in [-0.1, -0.05) is 17.7 Å². The van der Waals surface area contributed by atoms with Crippen LogP contribution in [0.2, 0.25) is 5.02 Å². The molecule has 0 aliphatic carbocycles. The second kappa shape index (κ2) is 9.94. The third-order valence-corrected chi connectivity index (χ3v) is 8.70. The lowest BCUT2D eigenvalue weighted by molar-refractivity contribution is -0.136. The van der Waals surface area contributed by atoms with Gasteiger partial charge in [-0.3, -0.25) is 13.8 Å². The minimum atomic E-state index is -1.70. The molecule has 0 saturated carbocycles. The standard InChI is InChI=1S/C25H26ClFN4O5S/c1-16-11-29(7-8-31(16)19-4-2-3-18(27)10-19)23(33)17-5-6-21(20(26)9-17)37(35)12-22(32)30-13-25(14-30)15-36-24(34)28-25/h2-6,9-10,16H,7-8,11-15H2,1H3,(H,28,34). The highest BCUT2D eigenvalue weighted by atomic mass is 35.5. The van der Waals surface area contributed by atoms with E-state index < -0.39 is 22.4 Å². The van der Waals surface area contributed by atoms with Gasteiger partial charge in [0, 0.05) is 50.0 Å². The molecule has 2 unspecified atom stereocenters. The predicted octanol–water partition coefficient (Wildman–Crippen LogP) is 2.26. The fourth-order valence-corrected chi connectivity index (χ4v) is 6.48. The van der Waals surface area contributed by atoms with E-state index in [9.17, 15) is 23.0 Å². The Morgan fingerprint density at radius 1 is 1.19 bits per heavy atom. The van der Waals surface area contributed by atoms with E-state index >= 15 is 0 Å². The van der Waals surface area contributed by atoms with Crippen molar-refractivity contribution in [2.45, 2.75) is 23.4 Å². The van der Waals surface area contributed by atoms with Crippen LogP contribution in [-0.4, -0.2) is 88.6 Å². The number of nitrogens with zero attached hydrogens (tertiary/aromatic N) is 3. The number of likely N-dealkylation sites (tertiary alicyclic amines) is 1. The van der Waals surface area contributed by atoms with Crippen molar-refractivity contribution in [2.75, 3.05) is 50.0 Å². The van der Waals surface area contributed by atoms with Gasteiger partial charge in [-0.15, -0.1) is 0 Å². The summed E-state index contributed by atoms with van der Waals surface area (Å²) in [7, 11) is -1.70. The molecular weight excluding hydrogens is 523 g/mol. The Labute approximate surface area is 220 Å². The van der Waals surface area contributed by atoms with Crippen molar-refractivity contribution in [1.82, 2.24) is 15.1 Å². The van der Waals surface area contributed by atoms with Crippen molar-refractivity contribution in [2.24, 2.45) is 0 Å². The Balaban J connectivity index is 1.18. The highest BCUT2D eigenvalue weighted by molar-refractivity contribution is 7.85. The summed E-state index contributed by atoms with van der Waals surface area (Å²) in [5.41, 5.74) is 0.595. The first-order chi connectivity index (χ1) is 17.6. The van der Waals surface area contributed by atoms with Crippen LogP contribution in [0.4, 0.5) is 14.9 Å². The molecule has 3 heterocycles. The van der Waals surface area contributed by atoms with E-state index in [2.05, 4.69) is 10.2 Å². The molecule has 1 spiro atoms. The molecule has 3 aliphatic heterocycles. The van der Waals surface area contributed by atoms with Crippen molar-refractivity contribution in [1.29, 1.82) is 0 Å². The maximum Gasteiger partial charge on any atom is 0.407 e. The molecule has 5 rings (SSSR count). The van der Waals surface area contributed by atoms with Crippen LogP contribution in [0.15, 0.2) is 47.4 Å². The normalized spacial score (nSPS) is 21.3. The lowest BCUT2D eigenvalue weighted by atomic mass is 9.92. The quantitative estimate of drug-likeness (QED) is 0.615. The average molecular weight is 549 g/mol. The molecular formula is C25H26ClFN4O5S. The van der Waals surface area contributed by atoms with Crippen molar-refractivity contribution in [3.05, 3.63) is 58.9 Å². The summed E-state index contributed by atoms with van der Waals surface area (Å²) < 4.78 is 31.4. The number of piperazine rings is 1. The molecule has 9 nitrogen and oxygen atoms in total. The van der Waals surface area contributed by atoms with Gasteiger partial charge in [0.05, 0.1) is 20.7 Å². The molecule has 2 atom stereocenters. The number of hydrogen-bond acceptors (Lipinski definition) is 6. The highest BCUT2D eigenvalue weighted by Gasteiger charge is 2.51. The Hall–Kier alpha value is -3.18. The zero-order valence-electron chi connectivity index (χ0n) is 20.1. The van der Waals surface area contributed by atoms with Crippen molar-refractivity contribution >= 4 is 46.0 Å². The molecule has 12 heteroatoms. The summed E-state index contributed by atoms with van der Waals surface area (Å²) in [5, 5.41) is 2.85. The van der Waals surface area contributed by atoms with Gasteiger partial charge < -0.3 is 24.8 Å². The number of rotatable bonds is 5. The van der Waals surface area contributed by atoms with Gasteiger partial charge in [0.1, 0.15) is 23.7 Å². The number of nitrogens with one attached hydrogen (secondary N) is 1. The smallest absolute Gasteiger partial charge is 0.407 e. The van der Waals surface area contributed by atoms with Gasteiger partial charge >= 0.3 is 6.09 Å². The summed E-state index contributed by atoms with van der Waals surface area (Å²) in [6, 6.07) is 11.0. The topological polar surface area (TPSA) is 99.3 Å². The number of carbonyl (C=O) groups excluding carboxylic acids is 3. The van der Waals surface area contributed by atoms with E-state index in [-0.39, 0.29) is 46.0 Å². The zero-order valence-corrected chi connectivity index (χ0v) is 21.7.